The average molecular weight is 314 g/mol. The molecule has 8 heteroatoms. The summed E-state index contributed by atoms with van der Waals surface area (Å²) in [5.41, 5.74) is 0.613. The third-order valence-electron chi connectivity index (χ3n) is 2.73. The molecule has 1 unspecified atom stereocenters. The fraction of sp³-hybridized carbons (Fsp3) is 0.385. The molecule has 0 aliphatic heterocycles. The molecule has 1 atom stereocenters. The Labute approximate surface area is 123 Å². The number of carbonyl (C=O) groups excluding carboxylic acids is 1. The third kappa shape index (κ3) is 4.75. The standard InChI is InChI=1S/C13H18N2O5S/c1-8(2)12(16)14-10-5-4-6-11(7-10)15-21(19,20)9(3)13(17)18/h4-9,15H,1-3H3,(H,14,16)(H,17,18). The number of carbonyl (C=O) groups is 2. The fourth-order valence-electron chi connectivity index (χ4n) is 1.33. The lowest BCUT2D eigenvalue weighted by Crippen LogP contribution is -2.32. The van der Waals surface area contributed by atoms with E-state index in [2.05, 4.69) is 10.0 Å². The van der Waals surface area contributed by atoms with Gasteiger partial charge in [0.15, 0.2) is 5.25 Å². The van der Waals surface area contributed by atoms with E-state index < -0.39 is 21.2 Å². The first-order valence-corrected chi connectivity index (χ1v) is 7.83. The first kappa shape index (κ1) is 17.0. The van der Waals surface area contributed by atoms with E-state index in [4.69, 9.17) is 5.11 Å². The summed E-state index contributed by atoms with van der Waals surface area (Å²) in [4.78, 5) is 22.3. The van der Waals surface area contributed by atoms with E-state index in [1.54, 1.807) is 26.0 Å². The van der Waals surface area contributed by atoms with Crippen molar-refractivity contribution in [3.05, 3.63) is 24.3 Å². The minimum Gasteiger partial charge on any atom is -0.480 e. The predicted octanol–water partition coefficient (Wildman–Crippen LogP) is 1.50. The van der Waals surface area contributed by atoms with Gasteiger partial charge in [0.25, 0.3) is 0 Å². The van der Waals surface area contributed by atoms with E-state index in [0.29, 0.717) is 5.69 Å². The topological polar surface area (TPSA) is 113 Å². The number of amides is 1. The Morgan fingerprint density at radius 1 is 1.14 bits per heavy atom. The molecule has 0 bridgehead atoms. The van der Waals surface area contributed by atoms with Crippen molar-refractivity contribution < 1.29 is 23.1 Å². The molecule has 0 aliphatic rings. The van der Waals surface area contributed by atoms with Gasteiger partial charge in [-0.2, -0.15) is 0 Å². The Hall–Kier alpha value is -2.09. The molecule has 7 nitrogen and oxygen atoms in total. The molecule has 1 aromatic rings. The number of nitrogens with one attached hydrogen (secondary N) is 2. The average Bonchev–Trinajstić information content (AvgIpc) is 2.37. The largest absolute Gasteiger partial charge is 0.480 e. The van der Waals surface area contributed by atoms with Crippen LogP contribution in [0.2, 0.25) is 0 Å². The number of carboxylic acid groups (broad SMARTS) is 1. The highest BCUT2D eigenvalue weighted by Gasteiger charge is 2.27. The number of hydrogen-bond acceptors (Lipinski definition) is 4. The number of sulfonamides is 1. The summed E-state index contributed by atoms with van der Waals surface area (Å²) in [5, 5.41) is 9.81. The van der Waals surface area contributed by atoms with Crippen LogP contribution in [-0.4, -0.2) is 30.7 Å². The highest BCUT2D eigenvalue weighted by Crippen LogP contribution is 2.18. The van der Waals surface area contributed by atoms with Crippen LogP contribution < -0.4 is 10.0 Å². The van der Waals surface area contributed by atoms with E-state index in [-0.39, 0.29) is 17.5 Å². The van der Waals surface area contributed by atoms with Crippen molar-refractivity contribution in [3.63, 3.8) is 0 Å². The van der Waals surface area contributed by atoms with Gasteiger partial charge >= 0.3 is 5.97 Å². The zero-order valence-corrected chi connectivity index (χ0v) is 12.8. The van der Waals surface area contributed by atoms with E-state index in [0.717, 1.165) is 6.92 Å². The van der Waals surface area contributed by atoms with Crippen LogP contribution in [0.3, 0.4) is 0 Å². The smallest absolute Gasteiger partial charge is 0.323 e. The summed E-state index contributed by atoms with van der Waals surface area (Å²) in [7, 11) is -4.04. The van der Waals surface area contributed by atoms with Crippen molar-refractivity contribution in [2.24, 2.45) is 5.92 Å². The maximum atomic E-state index is 11.8. The number of benzene rings is 1. The van der Waals surface area contributed by atoms with Crippen LogP contribution >= 0.6 is 0 Å². The number of aliphatic carboxylic acids is 1. The van der Waals surface area contributed by atoms with Gasteiger partial charge in [0.05, 0.1) is 5.69 Å². The maximum absolute atomic E-state index is 11.8. The van der Waals surface area contributed by atoms with Gasteiger partial charge in [0, 0.05) is 11.6 Å². The van der Waals surface area contributed by atoms with Crippen LogP contribution in [0.1, 0.15) is 20.8 Å². The van der Waals surface area contributed by atoms with Crippen LogP contribution in [0.15, 0.2) is 24.3 Å². The fourth-order valence-corrected chi connectivity index (χ4v) is 2.23. The second kappa shape index (κ2) is 6.57. The van der Waals surface area contributed by atoms with Gasteiger partial charge in [0.2, 0.25) is 15.9 Å². The molecule has 1 amide bonds. The molecule has 0 aliphatic carbocycles. The van der Waals surface area contributed by atoms with Crippen molar-refractivity contribution in [3.8, 4) is 0 Å². The second-order valence-corrected chi connectivity index (χ2v) is 6.85. The first-order chi connectivity index (χ1) is 9.63. The van der Waals surface area contributed by atoms with Crippen molar-refractivity contribution in [2.75, 3.05) is 10.0 Å². The molecule has 1 rings (SSSR count). The lowest BCUT2D eigenvalue weighted by molar-refractivity contribution is -0.136. The molecule has 0 aromatic heterocycles. The molecule has 0 saturated carbocycles. The Morgan fingerprint density at radius 2 is 1.71 bits per heavy atom. The number of hydrogen-bond donors (Lipinski definition) is 3. The van der Waals surface area contributed by atoms with E-state index >= 15 is 0 Å². The molecular weight excluding hydrogens is 296 g/mol. The zero-order chi connectivity index (χ0) is 16.2. The molecule has 0 spiro atoms. The lowest BCUT2D eigenvalue weighted by Gasteiger charge is -2.13. The predicted molar refractivity (Wildman–Crippen MR) is 79.6 cm³/mol. The van der Waals surface area contributed by atoms with Gasteiger partial charge in [-0.3, -0.25) is 14.3 Å². The van der Waals surface area contributed by atoms with Crippen LogP contribution in [0, 0.1) is 5.92 Å². The van der Waals surface area contributed by atoms with Gasteiger partial charge in [0.1, 0.15) is 0 Å². The summed E-state index contributed by atoms with van der Waals surface area (Å²) >= 11 is 0. The molecule has 21 heavy (non-hydrogen) atoms. The Balaban J connectivity index is 2.91. The monoisotopic (exact) mass is 314 g/mol. The first-order valence-electron chi connectivity index (χ1n) is 6.29. The SMILES string of the molecule is CC(C)C(=O)Nc1cccc(NS(=O)(=O)C(C)C(=O)O)c1. The van der Waals surface area contributed by atoms with Gasteiger partial charge in [-0.1, -0.05) is 19.9 Å². The summed E-state index contributed by atoms with van der Waals surface area (Å²) in [6.45, 7) is 4.54. The quantitative estimate of drug-likeness (QED) is 0.736. The van der Waals surface area contributed by atoms with Gasteiger partial charge in [-0.15, -0.1) is 0 Å². The van der Waals surface area contributed by atoms with Crippen molar-refractivity contribution in [2.45, 2.75) is 26.0 Å². The van der Waals surface area contributed by atoms with Crippen molar-refractivity contribution >= 4 is 33.3 Å². The zero-order valence-electron chi connectivity index (χ0n) is 12.0. The summed E-state index contributed by atoms with van der Waals surface area (Å²) in [5.74, 6) is -1.85. The number of rotatable bonds is 6. The lowest BCUT2D eigenvalue weighted by atomic mass is 10.2. The van der Waals surface area contributed by atoms with Crippen molar-refractivity contribution in [1.82, 2.24) is 0 Å². The van der Waals surface area contributed by atoms with E-state index in [1.165, 1.54) is 12.1 Å². The molecule has 0 saturated heterocycles. The van der Waals surface area contributed by atoms with Gasteiger partial charge < -0.3 is 10.4 Å². The Bertz CT molecular complexity index is 640. The number of carboxylic acids is 1. The van der Waals surface area contributed by atoms with E-state index in [9.17, 15) is 18.0 Å². The van der Waals surface area contributed by atoms with Crippen LogP contribution in [-0.2, 0) is 19.6 Å². The summed E-state index contributed by atoms with van der Waals surface area (Å²) in [6.07, 6.45) is 0. The normalized spacial score (nSPS) is 12.8. The van der Waals surface area contributed by atoms with Crippen LogP contribution in [0.4, 0.5) is 11.4 Å². The maximum Gasteiger partial charge on any atom is 0.323 e. The van der Waals surface area contributed by atoms with Crippen molar-refractivity contribution in [1.29, 1.82) is 0 Å². The highest BCUT2D eigenvalue weighted by molar-refractivity contribution is 7.94. The van der Waals surface area contributed by atoms with Crippen LogP contribution in [0.25, 0.3) is 0 Å². The van der Waals surface area contributed by atoms with Gasteiger partial charge in [-0.25, -0.2) is 8.42 Å². The molecule has 1 aromatic carbocycles. The highest BCUT2D eigenvalue weighted by atomic mass is 32.2. The molecule has 0 fully saturated rings. The minimum absolute atomic E-state index is 0.185. The Morgan fingerprint density at radius 3 is 2.24 bits per heavy atom. The molecular formula is C13H18N2O5S. The summed E-state index contributed by atoms with van der Waals surface area (Å²) in [6, 6.07) is 6.06. The molecule has 3 N–H and O–H groups in total. The number of anilines is 2. The Kier molecular flexibility index (Phi) is 5.31. The van der Waals surface area contributed by atoms with Gasteiger partial charge in [-0.05, 0) is 25.1 Å². The second-order valence-electron chi connectivity index (χ2n) is 4.85. The molecule has 116 valence electrons. The molecule has 0 radical (unpaired) electrons. The van der Waals surface area contributed by atoms with E-state index in [1.807, 2.05) is 0 Å². The third-order valence-corrected chi connectivity index (χ3v) is 4.38. The summed E-state index contributed by atoms with van der Waals surface area (Å²) < 4.78 is 25.8. The van der Waals surface area contributed by atoms with Crippen LogP contribution in [0.5, 0.6) is 0 Å². The molecule has 0 heterocycles. The minimum atomic E-state index is -4.04.